The van der Waals surface area contributed by atoms with Crippen molar-refractivity contribution >= 4 is 17.0 Å². The Morgan fingerprint density at radius 2 is 1.97 bits per heavy atom. The number of methoxy groups -OCH3 is 1. The summed E-state index contributed by atoms with van der Waals surface area (Å²) in [4.78, 5) is 20.1. The first-order valence-electron chi connectivity index (χ1n) is 9.35. The summed E-state index contributed by atoms with van der Waals surface area (Å²) >= 11 is 0. The Hall–Kier alpha value is -3.39. The van der Waals surface area contributed by atoms with Gasteiger partial charge >= 0.3 is 0 Å². The number of carbonyl (C=O) groups is 1. The number of fused-ring (bicyclic) bond motifs is 1. The van der Waals surface area contributed by atoms with Crippen molar-refractivity contribution in [1.29, 1.82) is 0 Å². The van der Waals surface area contributed by atoms with E-state index in [4.69, 9.17) is 13.9 Å². The fourth-order valence-corrected chi connectivity index (χ4v) is 2.70. The van der Waals surface area contributed by atoms with Crippen molar-refractivity contribution in [2.75, 3.05) is 14.2 Å². The summed E-state index contributed by atoms with van der Waals surface area (Å²) in [7, 11) is 3.26. The van der Waals surface area contributed by atoms with Gasteiger partial charge in [-0.25, -0.2) is 10.4 Å². The van der Waals surface area contributed by atoms with E-state index in [1.54, 1.807) is 32.6 Å². The van der Waals surface area contributed by atoms with Gasteiger partial charge in [-0.2, -0.15) is 0 Å². The molecule has 3 aromatic heterocycles. The molecule has 0 bridgehead atoms. The van der Waals surface area contributed by atoms with Crippen LogP contribution in [-0.2, 0) is 11.4 Å². The number of furan rings is 1. The normalized spacial score (nSPS) is 15.8. The van der Waals surface area contributed by atoms with E-state index in [0.29, 0.717) is 29.6 Å². The summed E-state index contributed by atoms with van der Waals surface area (Å²) in [6, 6.07) is 7.20. The number of hydrogen-bond acceptors (Lipinski definition) is 7. The molecule has 0 radical (unpaired) electrons. The van der Waals surface area contributed by atoms with Crippen LogP contribution in [0.3, 0.4) is 0 Å². The van der Waals surface area contributed by atoms with Gasteiger partial charge in [0.1, 0.15) is 29.9 Å². The van der Waals surface area contributed by atoms with Gasteiger partial charge in [0, 0.05) is 18.5 Å². The van der Waals surface area contributed by atoms with Gasteiger partial charge in [0.2, 0.25) is 5.71 Å². The minimum Gasteiger partial charge on any atom is -0.495 e. The monoisotopic (exact) mass is 396 g/mol. The first kappa shape index (κ1) is 20.3. The summed E-state index contributed by atoms with van der Waals surface area (Å²) in [6.07, 6.45) is 6.53. The molecule has 1 aliphatic heterocycles. The van der Waals surface area contributed by atoms with Crippen LogP contribution in [0.1, 0.15) is 31.3 Å². The molecule has 0 saturated carbocycles. The van der Waals surface area contributed by atoms with E-state index < -0.39 is 0 Å². The lowest BCUT2D eigenvalue weighted by Gasteiger charge is -2.25. The van der Waals surface area contributed by atoms with Gasteiger partial charge in [-0.3, -0.25) is 14.8 Å². The second-order valence-corrected chi connectivity index (χ2v) is 6.06. The van der Waals surface area contributed by atoms with Crippen LogP contribution in [-0.4, -0.2) is 35.0 Å². The molecule has 1 unspecified atom stereocenters. The van der Waals surface area contributed by atoms with Gasteiger partial charge in [0.05, 0.1) is 25.2 Å². The van der Waals surface area contributed by atoms with Gasteiger partial charge in [-0.05, 0) is 24.3 Å². The summed E-state index contributed by atoms with van der Waals surface area (Å²) < 4.78 is 16.6. The second-order valence-electron chi connectivity index (χ2n) is 6.06. The number of rotatable bonds is 5. The smallest absolute Gasteiger partial charge is 0.260 e. The van der Waals surface area contributed by atoms with Crippen LogP contribution in [0.2, 0.25) is 0 Å². The molecule has 4 rings (SSSR count). The third-order valence-corrected chi connectivity index (χ3v) is 4.19. The molecule has 0 aliphatic carbocycles. The van der Waals surface area contributed by atoms with Crippen molar-refractivity contribution in [2.24, 2.45) is 0 Å². The Labute approximate surface area is 169 Å². The number of nitrogens with one attached hydrogen (secondary N) is 1. The number of hydrazine groups is 1. The van der Waals surface area contributed by atoms with Crippen LogP contribution in [0.5, 0.6) is 11.5 Å². The Morgan fingerprint density at radius 1 is 1.17 bits per heavy atom. The minimum atomic E-state index is -0.227. The van der Waals surface area contributed by atoms with Crippen LogP contribution in [0.25, 0.3) is 11.1 Å². The van der Waals surface area contributed by atoms with Crippen LogP contribution < -0.4 is 14.9 Å². The molecule has 1 N–H and O–H groups in total. The molecule has 8 heteroatoms. The first-order chi connectivity index (χ1) is 14.1. The summed E-state index contributed by atoms with van der Waals surface area (Å²) in [5.41, 5.74) is 4.33. The molecule has 0 saturated heterocycles. The average molecular weight is 396 g/mol. The lowest BCUT2D eigenvalue weighted by atomic mass is 10.2. The van der Waals surface area contributed by atoms with Gasteiger partial charge in [-0.15, -0.1) is 0 Å². The zero-order valence-electron chi connectivity index (χ0n) is 16.9. The summed E-state index contributed by atoms with van der Waals surface area (Å²) in [5.74, 6) is 1.88. The SMILES string of the molecule is CC.COc1ccc(COc2cnc3oc(C4C=CC(=O)N(C)N4)cc3c2)nc1. The number of hydrogen-bond donors (Lipinski definition) is 1. The van der Waals surface area contributed by atoms with Gasteiger partial charge in [0.25, 0.3) is 5.91 Å². The van der Waals surface area contributed by atoms with Gasteiger partial charge < -0.3 is 13.9 Å². The molecular weight excluding hydrogens is 372 g/mol. The van der Waals surface area contributed by atoms with Crippen LogP contribution in [0.15, 0.2) is 53.2 Å². The molecule has 3 aromatic rings. The van der Waals surface area contributed by atoms with E-state index in [-0.39, 0.29) is 11.9 Å². The van der Waals surface area contributed by atoms with Gasteiger partial charge in [0.15, 0.2) is 0 Å². The van der Waals surface area contributed by atoms with Crippen LogP contribution >= 0.6 is 0 Å². The Kier molecular flexibility index (Phi) is 6.46. The standard InChI is InChI=1S/C19H18N4O4.C2H6/c1-23-18(24)6-5-16(22-23)17-8-12-7-15(10-21-19(12)27-17)26-11-13-3-4-14(25-2)9-20-13;1-2/h3-10,16,22H,11H2,1-2H3;1-2H3. The van der Waals surface area contributed by atoms with E-state index in [1.165, 1.54) is 11.1 Å². The number of carbonyl (C=O) groups excluding carboxylic acids is 1. The third-order valence-electron chi connectivity index (χ3n) is 4.19. The highest BCUT2D eigenvalue weighted by Gasteiger charge is 2.21. The highest BCUT2D eigenvalue weighted by molar-refractivity contribution is 5.88. The Bertz CT molecular complexity index is 998. The molecule has 1 atom stereocenters. The predicted octanol–water partition coefficient (Wildman–Crippen LogP) is 3.41. The lowest BCUT2D eigenvalue weighted by molar-refractivity contribution is -0.128. The molecule has 0 fully saturated rings. The molecule has 0 spiro atoms. The molecular formula is C21H24N4O4. The molecule has 0 aromatic carbocycles. The summed E-state index contributed by atoms with van der Waals surface area (Å²) in [5, 5.41) is 2.24. The first-order valence-corrected chi connectivity index (χ1v) is 9.35. The van der Waals surface area contributed by atoms with Crippen molar-refractivity contribution < 1.29 is 18.7 Å². The van der Waals surface area contributed by atoms with E-state index in [1.807, 2.05) is 38.1 Å². The van der Waals surface area contributed by atoms with Crippen LogP contribution in [0.4, 0.5) is 0 Å². The quantitative estimate of drug-likeness (QED) is 0.707. The molecule has 1 amide bonds. The van der Waals surface area contributed by atoms with E-state index in [0.717, 1.165) is 11.1 Å². The van der Waals surface area contributed by atoms with Crippen molar-refractivity contribution in [3.8, 4) is 11.5 Å². The fourth-order valence-electron chi connectivity index (χ4n) is 2.70. The maximum Gasteiger partial charge on any atom is 0.260 e. The average Bonchev–Trinajstić information content (AvgIpc) is 3.19. The maximum atomic E-state index is 11.5. The molecule has 4 heterocycles. The topological polar surface area (TPSA) is 89.7 Å². The Balaban J connectivity index is 0.00000117. The summed E-state index contributed by atoms with van der Waals surface area (Å²) in [6.45, 7) is 4.32. The largest absolute Gasteiger partial charge is 0.495 e. The van der Waals surface area contributed by atoms with E-state index >= 15 is 0 Å². The third kappa shape index (κ3) is 4.72. The number of amides is 1. The molecule has 1 aliphatic rings. The van der Waals surface area contributed by atoms with Crippen molar-refractivity contribution in [3.63, 3.8) is 0 Å². The number of nitrogens with zero attached hydrogens (tertiary/aromatic N) is 3. The number of pyridine rings is 2. The minimum absolute atomic E-state index is 0.108. The highest BCUT2D eigenvalue weighted by Crippen LogP contribution is 2.27. The van der Waals surface area contributed by atoms with Crippen LogP contribution in [0, 0.1) is 0 Å². The zero-order valence-corrected chi connectivity index (χ0v) is 16.9. The maximum absolute atomic E-state index is 11.5. The van der Waals surface area contributed by atoms with Crippen molar-refractivity contribution in [3.05, 3.63) is 60.3 Å². The predicted molar refractivity (Wildman–Crippen MR) is 108 cm³/mol. The fraction of sp³-hybridized carbons (Fsp3) is 0.286. The molecule has 8 nitrogen and oxygen atoms in total. The zero-order chi connectivity index (χ0) is 20.8. The van der Waals surface area contributed by atoms with Gasteiger partial charge in [-0.1, -0.05) is 19.9 Å². The molecule has 29 heavy (non-hydrogen) atoms. The van der Waals surface area contributed by atoms with E-state index in [2.05, 4.69) is 15.4 Å². The number of ether oxygens (including phenoxy) is 2. The Morgan fingerprint density at radius 3 is 2.66 bits per heavy atom. The number of likely N-dealkylation sites (N-methyl/N-ethyl adjacent to an activating group) is 1. The second kappa shape index (κ2) is 9.20. The van der Waals surface area contributed by atoms with Crippen molar-refractivity contribution in [2.45, 2.75) is 26.5 Å². The highest BCUT2D eigenvalue weighted by atomic mass is 16.5. The number of aromatic nitrogens is 2. The van der Waals surface area contributed by atoms with Crippen molar-refractivity contribution in [1.82, 2.24) is 20.4 Å². The molecule has 152 valence electrons. The van der Waals surface area contributed by atoms with E-state index in [9.17, 15) is 4.79 Å². The lowest BCUT2D eigenvalue weighted by Crippen LogP contribution is -2.43.